The van der Waals surface area contributed by atoms with Crippen molar-refractivity contribution < 1.29 is 23.0 Å². The van der Waals surface area contributed by atoms with E-state index in [1.165, 1.54) is 17.7 Å². The molecule has 1 aliphatic carbocycles. The van der Waals surface area contributed by atoms with Gasteiger partial charge in [0.25, 0.3) is 0 Å². The van der Waals surface area contributed by atoms with E-state index in [1.54, 1.807) is 6.07 Å². The average Bonchev–Trinajstić information content (AvgIpc) is 2.66. The highest BCUT2D eigenvalue weighted by molar-refractivity contribution is 7.89. The van der Waals surface area contributed by atoms with Gasteiger partial charge in [-0.1, -0.05) is 24.3 Å². The number of benzene rings is 2. The fraction of sp³-hybridized carbons (Fsp3) is 0.368. The molecule has 138 valence electrons. The third kappa shape index (κ3) is 3.42. The molecule has 6 nitrogen and oxygen atoms in total. The summed E-state index contributed by atoms with van der Waals surface area (Å²) < 4.78 is 38.7. The maximum absolute atomic E-state index is 12.6. The van der Waals surface area contributed by atoms with Crippen LogP contribution in [0.25, 0.3) is 0 Å². The van der Waals surface area contributed by atoms with E-state index < -0.39 is 15.6 Å². The molecule has 0 amide bonds. The molecule has 2 N–H and O–H groups in total. The van der Waals surface area contributed by atoms with Gasteiger partial charge in [-0.15, -0.1) is 0 Å². The van der Waals surface area contributed by atoms with Crippen LogP contribution in [0.1, 0.15) is 17.5 Å². The number of rotatable bonds is 4. The molecule has 1 aliphatic heterocycles. The maximum Gasteiger partial charge on any atom is 0.240 e. The van der Waals surface area contributed by atoms with E-state index in [2.05, 4.69) is 4.72 Å². The van der Waals surface area contributed by atoms with Gasteiger partial charge in [-0.2, -0.15) is 0 Å². The summed E-state index contributed by atoms with van der Waals surface area (Å²) in [5.41, 5.74) is 1.20. The van der Waals surface area contributed by atoms with E-state index in [-0.39, 0.29) is 11.4 Å². The van der Waals surface area contributed by atoms with Gasteiger partial charge < -0.3 is 14.6 Å². The summed E-state index contributed by atoms with van der Waals surface area (Å²) >= 11 is 0. The van der Waals surface area contributed by atoms with E-state index >= 15 is 0 Å². The third-order valence-corrected chi connectivity index (χ3v) is 6.31. The first kappa shape index (κ1) is 17.3. The first-order valence-corrected chi connectivity index (χ1v) is 10.1. The van der Waals surface area contributed by atoms with Crippen LogP contribution in [-0.4, -0.2) is 38.9 Å². The van der Waals surface area contributed by atoms with Crippen molar-refractivity contribution in [3.63, 3.8) is 0 Å². The summed E-state index contributed by atoms with van der Waals surface area (Å²) in [5.74, 6) is 0.960. The standard InChI is InChI=1S/C19H21NO5S/c21-19(8-7-14-3-1-2-4-15(14)12-19)13-20-26(22,23)16-5-6-17-18(11-16)25-10-9-24-17/h1-6,11,20-21H,7-10,12-13H2. The van der Waals surface area contributed by atoms with E-state index in [0.29, 0.717) is 37.6 Å². The molecule has 0 saturated carbocycles. The SMILES string of the molecule is O=S(=O)(NCC1(O)CCc2ccccc2C1)c1ccc2c(c1)OCCO2. The van der Waals surface area contributed by atoms with Gasteiger partial charge in [0.15, 0.2) is 11.5 Å². The van der Waals surface area contributed by atoms with Crippen molar-refractivity contribution in [1.82, 2.24) is 4.72 Å². The normalized spacial score (nSPS) is 21.9. The van der Waals surface area contributed by atoms with Gasteiger partial charge in [-0.25, -0.2) is 13.1 Å². The Labute approximate surface area is 152 Å². The van der Waals surface area contributed by atoms with Gasteiger partial charge in [0.1, 0.15) is 13.2 Å². The summed E-state index contributed by atoms with van der Waals surface area (Å²) in [7, 11) is -3.75. The molecule has 26 heavy (non-hydrogen) atoms. The quantitative estimate of drug-likeness (QED) is 0.849. The van der Waals surface area contributed by atoms with Crippen LogP contribution in [0.2, 0.25) is 0 Å². The lowest BCUT2D eigenvalue weighted by Gasteiger charge is -2.33. The van der Waals surface area contributed by atoms with Gasteiger partial charge in [0, 0.05) is 19.0 Å². The van der Waals surface area contributed by atoms with Gasteiger partial charge in [0.2, 0.25) is 10.0 Å². The van der Waals surface area contributed by atoms with Gasteiger partial charge in [0.05, 0.1) is 10.5 Å². The average molecular weight is 375 g/mol. The fourth-order valence-electron chi connectivity index (χ4n) is 3.44. The van der Waals surface area contributed by atoms with Gasteiger partial charge >= 0.3 is 0 Å². The lowest BCUT2D eigenvalue weighted by molar-refractivity contribution is 0.0317. The van der Waals surface area contributed by atoms with Crippen LogP contribution in [0.5, 0.6) is 11.5 Å². The lowest BCUT2D eigenvalue weighted by atomic mass is 9.80. The Morgan fingerprint density at radius 3 is 2.58 bits per heavy atom. The molecule has 1 heterocycles. The minimum Gasteiger partial charge on any atom is -0.486 e. The van der Waals surface area contributed by atoms with Crippen molar-refractivity contribution in [1.29, 1.82) is 0 Å². The Morgan fingerprint density at radius 2 is 1.77 bits per heavy atom. The predicted octanol–water partition coefficient (Wildman–Crippen LogP) is 1.66. The maximum atomic E-state index is 12.6. The van der Waals surface area contributed by atoms with Crippen molar-refractivity contribution in [3.05, 3.63) is 53.6 Å². The summed E-state index contributed by atoms with van der Waals surface area (Å²) in [6, 6.07) is 12.5. The smallest absolute Gasteiger partial charge is 0.240 e. The topological polar surface area (TPSA) is 84.9 Å². The second kappa shape index (κ2) is 6.57. The Kier molecular flexibility index (Phi) is 4.38. The molecular formula is C19H21NO5S. The van der Waals surface area contributed by atoms with Crippen LogP contribution in [0.3, 0.4) is 0 Å². The second-order valence-corrected chi connectivity index (χ2v) is 8.57. The highest BCUT2D eigenvalue weighted by Crippen LogP contribution is 2.33. The monoisotopic (exact) mass is 375 g/mol. The molecule has 0 spiro atoms. The number of fused-ring (bicyclic) bond motifs is 2. The van der Waals surface area contributed by atoms with Crippen molar-refractivity contribution >= 4 is 10.0 Å². The van der Waals surface area contributed by atoms with Crippen LogP contribution in [0.4, 0.5) is 0 Å². The zero-order valence-corrected chi connectivity index (χ0v) is 15.1. The molecule has 2 aliphatic rings. The molecule has 1 atom stereocenters. The summed E-state index contributed by atoms with van der Waals surface area (Å²) in [5, 5.41) is 10.8. The molecular weight excluding hydrogens is 354 g/mol. The van der Waals surface area contributed by atoms with E-state index in [9.17, 15) is 13.5 Å². The van der Waals surface area contributed by atoms with E-state index in [0.717, 1.165) is 12.0 Å². The fourth-order valence-corrected chi connectivity index (χ4v) is 4.57. The summed E-state index contributed by atoms with van der Waals surface area (Å²) in [4.78, 5) is 0.0987. The zero-order chi connectivity index (χ0) is 18.2. The van der Waals surface area contributed by atoms with Crippen LogP contribution < -0.4 is 14.2 Å². The molecule has 0 saturated heterocycles. The first-order chi connectivity index (χ1) is 12.5. The molecule has 1 unspecified atom stereocenters. The van der Waals surface area contributed by atoms with Crippen LogP contribution >= 0.6 is 0 Å². The minimum absolute atomic E-state index is 0.0297. The Morgan fingerprint density at radius 1 is 1.04 bits per heavy atom. The van der Waals surface area contributed by atoms with Crippen molar-refractivity contribution in [2.24, 2.45) is 0 Å². The number of sulfonamides is 1. The molecule has 4 rings (SSSR count). The Balaban J connectivity index is 1.49. The summed E-state index contributed by atoms with van der Waals surface area (Å²) in [6.45, 7) is 0.813. The van der Waals surface area contributed by atoms with Gasteiger partial charge in [-0.05, 0) is 36.1 Å². The Bertz CT molecular complexity index is 927. The highest BCUT2D eigenvalue weighted by atomic mass is 32.2. The number of hydrogen-bond donors (Lipinski definition) is 2. The second-order valence-electron chi connectivity index (χ2n) is 6.80. The zero-order valence-electron chi connectivity index (χ0n) is 14.3. The number of ether oxygens (including phenoxy) is 2. The van der Waals surface area contributed by atoms with E-state index in [4.69, 9.17) is 9.47 Å². The number of hydrogen-bond acceptors (Lipinski definition) is 5. The van der Waals surface area contributed by atoms with Crippen molar-refractivity contribution in [2.45, 2.75) is 29.8 Å². The summed E-state index contributed by atoms with van der Waals surface area (Å²) in [6.07, 6.45) is 1.69. The number of aliphatic hydroxyl groups is 1. The minimum atomic E-state index is -3.75. The molecule has 7 heteroatoms. The van der Waals surface area contributed by atoms with Crippen LogP contribution in [0.15, 0.2) is 47.4 Å². The molecule has 0 radical (unpaired) electrons. The molecule has 0 fully saturated rings. The van der Waals surface area contributed by atoms with Gasteiger partial charge in [-0.3, -0.25) is 0 Å². The van der Waals surface area contributed by atoms with Crippen molar-refractivity contribution in [2.75, 3.05) is 19.8 Å². The number of aryl methyl sites for hydroxylation is 1. The highest BCUT2D eigenvalue weighted by Gasteiger charge is 2.33. The number of nitrogens with one attached hydrogen (secondary N) is 1. The molecule has 2 aromatic rings. The first-order valence-electron chi connectivity index (χ1n) is 8.64. The lowest BCUT2D eigenvalue weighted by Crippen LogP contribution is -2.46. The predicted molar refractivity (Wildman–Crippen MR) is 96.0 cm³/mol. The molecule has 0 bridgehead atoms. The molecule has 2 aromatic carbocycles. The third-order valence-electron chi connectivity index (χ3n) is 4.91. The molecule has 0 aromatic heterocycles. The largest absolute Gasteiger partial charge is 0.486 e. The van der Waals surface area contributed by atoms with Crippen molar-refractivity contribution in [3.8, 4) is 11.5 Å². The van der Waals surface area contributed by atoms with E-state index in [1.807, 2.05) is 24.3 Å². The Hall–Kier alpha value is -2.09. The van der Waals surface area contributed by atoms with Crippen LogP contribution in [-0.2, 0) is 22.9 Å². The van der Waals surface area contributed by atoms with Crippen LogP contribution in [0, 0.1) is 0 Å².